The summed E-state index contributed by atoms with van der Waals surface area (Å²) in [7, 11) is 0. The molecule has 11 heavy (non-hydrogen) atoms. The summed E-state index contributed by atoms with van der Waals surface area (Å²) in [5, 5.41) is 9.25. The van der Waals surface area contributed by atoms with E-state index in [-0.39, 0.29) is 11.3 Å². The fourth-order valence-corrected chi connectivity index (χ4v) is 2.49. The molecule has 0 aliphatic heterocycles. The van der Waals surface area contributed by atoms with E-state index in [0.29, 0.717) is 3.57 Å². The summed E-state index contributed by atoms with van der Waals surface area (Å²) in [4.78, 5) is 10.2. The highest BCUT2D eigenvalue weighted by molar-refractivity contribution is 14.1. The lowest BCUT2D eigenvalue weighted by Crippen LogP contribution is -1.86. The van der Waals surface area contributed by atoms with Crippen molar-refractivity contribution in [2.75, 3.05) is 0 Å². The molecule has 57 valence electrons. The van der Waals surface area contributed by atoms with Gasteiger partial charge >= 0.3 is 0 Å². The molecule has 0 amide bonds. The molecule has 0 saturated carbocycles. The summed E-state index contributed by atoms with van der Waals surface area (Å²) in [5.41, 5.74) is 0.223. The number of hydrogen-bond donors (Lipinski definition) is 1. The van der Waals surface area contributed by atoms with Gasteiger partial charge in [0, 0.05) is 3.57 Å². The van der Waals surface area contributed by atoms with Crippen molar-refractivity contribution in [2.24, 2.45) is 0 Å². The van der Waals surface area contributed by atoms with Gasteiger partial charge in [0.15, 0.2) is 0 Å². The zero-order valence-corrected chi connectivity index (χ0v) is 9.58. The molecule has 0 aliphatic rings. The standard InChI is InChI=1S/C7H3I2O2/c8-5-1-4(3-10)7(11)6(9)2-5/h1-2,11H. The van der Waals surface area contributed by atoms with Gasteiger partial charge in [-0.25, -0.2) is 0 Å². The van der Waals surface area contributed by atoms with E-state index >= 15 is 0 Å². The highest BCUT2D eigenvalue weighted by atomic mass is 127. The summed E-state index contributed by atoms with van der Waals surface area (Å²) in [6.45, 7) is 0. The minimum atomic E-state index is 0.0148. The Morgan fingerprint density at radius 2 is 2.00 bits per heavy atom. The summed E-state index contributed by atoms with van der Waals surface area (Å²) < 4.78 is 1.59. The van der Waals surface area contributed by atoms with Crippen molar-refractivity contribution in [3.8, 4) is 5.75 Å². The first-order valence-electron chi connectivity index (χ1n) is 2.71. The third-order valence-electron chi connectivity index (χ3n) is 1.14. The normalized spacial score (nSPS) is 9.64. The number of rotatable bonds is 1. The molecule has 0 fully saturated rings. The van der Waals surface area contributed by atoms with Gasteiger partial charge in [-0.1, -0.05) is 0 Å². The maximum atomic E-state index is 10.2. The van der Waals surface area contributed by atoms with Crippen molar-refractivity contribution >= 4 is 51.5 Å². The van der Waals surface area contributed by atoms with E-state index in [1.807, 2.05) is 22.6 Å². The Kier molecular flexibility index (Phi) is 3.11. The smallest absolute Gasteiger partial charge is 0.237 e. The Bertz CT molecular complexity index is 297. The Balaban J connectivity index is 3.35. The van der Waals surface area contributed by atoms with E-state index in [1.165, 1.54) is 0 Å². The molecular weight excluding hydrogens is 370 g/mol. The topological polar surface area (TPSA) is 37.3 Å². The van der Waals surface area contributed by atoms with Crippen LogP contribution in [-0.4, -0.2) is 11.4 Å². The van der Waals surface area contributed by atoms with Gasteiger partial charge in [0.2, 0.25) is 6.29 Å². The second-order valence-electron chi connectivity index (χ2n) is 1.89. The van der Waals surface area contributed by atoms with Crippen LogP contribution in [0.2, 0.25) is 0 Å². The lowest BCUT2D eigenvalue weighted by atomic mass is 10.2. The van der Waals surface area contributed by atoms with Gasteiger partial charge < -0.3 is 5.11 Å². The van der Waals surface area contributed by atoms with Crippen molar-refractivity contribution in [3.05, 3.63) is 24.8 Å². The molecule has 0 saturated heterocycles. The van der Waals surface area contributed by atoms with E-state index in [1.54, 1.807) is 18.4 Å². The quantitative estimate of drug-likeness (QED) is 0.766. The zero-order valence-electron chi connectivity index (χ0n) is 5.27. The fourth-order valence-electron chi connectivity index (χ4n) is 0.644. The van der Waals surface area contributed by atoms with E-state index in [0.717, 1.165) is 3.57 Å². The first-order valence-corrected chi connectivity index (χ1v) is 4.87. The number of halogens is 2. The molecule has 0 spiro atoms. The van der Waals surface area contributed by atoms with Crippen LogP contribution < -0.4 is 0 Å². The number of carbonyl (C=O) groups excluding carboxylic acids is 1. The monoisotopic (exact) mass is 373 g/mol. The summed E-state index contributed by atoms with van der Waals surface area (Å²) in [5.74, 6) is 0.0148. The van der Waals surface area contributed by atoms with Gasteiger partial charge in [-0.2, -0.15) is 0 Å². The molecule has 1 aromatic carbocycles. The number of benzene rings is 1. The molecule has 1 radical (unpaired) electrons. The van der Waals surface area contributed by atoms with Gasteiger partial charge in [0.1, 0.15) is 5.75 Å². The molecule has 1 N–H and O–H groups in total. The first kappa shape index (κ1) is 9.24. The molecule has 0 aromatic heterocycles. The van der Waals surface area contributed by atoms with E-state index < -0.39 is 0 Å². The van der Waals surface area contributed by atoms with Crippen molar-refractivity contribution in [2.45, 2.75) is 0 Å². The highest BCUT2D eigenvalue weighted by Crippen LogP contribution is 2.25. The fraction of sp³-hybridized carbons (Fsp3) is 0. The maximum absolute atomic E-state index is 10.2. The molecular formula is C7H3I2O2. The largest absolute Gasteiger partial charge is 0.506 e. The molecule has 0 unspecified atom stereocenters. The lowest BCUT2D eigenvalue weighted by molar-refractivity contribution is 0.468. The molecule has 4 heteroatoms. The maximum Gasteiger partial charge on any atom is 0.237 e. The zero-order chi connectivity index (χ0) is 8.43. The SMILES string of the molecule is O=[C]c1cc(I)cc(I)c1O. The van der Waals surface area contributed by atoms with Crippen LogP contribution in [0.5, 0.6) is 5.75 Å². The van der Waals surface area contributed by atoms with Gasteiger partial charge in [0.25, 0.3) is 0 Å². The van der Waals surface area contributed by atoms with Crippen molar-refractivity contribution < 1.29 is 9.90 Å². The van der Waals surface area contributed by atoms with Crippen LogP contribution in [0, 0.1) is 7.14 Å². The van der Waals surface area contributed by atoms with Gasteiger partial charge in [-0.3, -0.25) is 4.79 Å². The van der Waals surface area contributed by atoms with Crippen LogP contribution in [0.3, 0.4) is 0 Å². The third-order valence-corrected chi connectivity index (χ3v) is 2.58. The molecule has 0 aliphatic carbocycles. The van der Waals surface area contributed by atoms with Crippen molar-refractivity contribution in [1.82, 2.24) is 0 Å². The van der Waals surface area contributed by atoms with Crippen LogP contribution >= 0.6 is 45.2 Å². The minimum absolute atomic E-state index is 0.0148. The molecule has 1 rings (SSSR count). The average Bonchev–Trinajstić information content (AvgIpc) is 1.96. The second kappa shape index (κ2) is 3.70. The summed E-state index contributed by atoms with van der Waals surface area (Å²) in [6, 6.07) is 3.38. The molecule has 1 aromatic rings. The third kappa shape index (κ3) is 2.05. The van der Waals surface area contributed by atoms with Crippen LogP contribution in [0.15, 0.2) is 12.1 Å². The summed E-state index contributed by atoms with van der Waals surface area (Å²) in [6.07, 6.45) is 1.67. The predicted octanol–water partition coefficient (Wildman–Crippen LogP) is 2.06. The van der Waals surface area contributed by atoms with E-state index in [2.05, 4.69) is 22.6 Å². The number of phenolic OH excluding ortho intramolecular Hbond substituents is 1. The van der Waals surface area contributed by atoms with Crippen LogP contribution in [0.4, 0.5) is 0 Å². The Hall–Kier alpha value is 0.150. The highest BCUT2D eigenvalue weighted by Gasteiger charge is 2.05. The van der Waals surface area contributed by atoms with Crippen LogP contribution in [0.25, 0.3) is 0 Å². The first-order chi connectivity index (χ1) is 5.15. The lowest BCUT2D eigenvalue weighted by Gasteiger charge is -1.99. The Morgan fingerprint density at radius 1 is 1.36 bits per heavy atom. The molecule has 0 atom stereocenters. The predicted molar refractivity (Wildman–Crippen MR) is 58.3 cm³/mol. The van der Waals surface area contributed by atoms with Crippen molar-refractivity contribution in [1.29, 1.82) is 0 Å². The Morgan fingerprint density at radius 3 is 2.55 bits per heavy atom. The van der Waals surface area contributed by atoms with Gasteiger partial charge in [-0.15, -0.1) is 0 Å². The number of phenols is 1. The molecule has 2 nitrogen and oxygen atoms in total. The minimum Gasteiger partial charge on any atom is -0.506 e. The van der Waals surface area contributed by atoms with Gasteiger partial charge in [0.05, 0.1) is 9.13 Å². The molecule has 0 bridgehead atoms. The van der Waals surface area contributed by atoms with Crippen LogP contribution in [0.1, 0.15) is 5.56 Å². The average molecular weight is 373 g/mol. The summed E-state index contributed by atoms with van der Waals surface area (Å²) >= 11 is 4.04. The van der Waals surface area contributed by atoms with Crippen molar-refractivity contribution in [3.63, 3.8) is 0 Å². The second-order valence-corrected chi connectivity index (χ2v) is 4.29. The Labute approximate surface area is 91.3 Å². The van der Waals surface area contributed by atoms with Gasteiger partial charge in [-0.05, 0) is 57.3 Å². The van der Waals surface area contributed by atoms with E-state index in [4.69, 9.17) is 0 Å². The van der Waals surface area contributed by atoms with Crippen LogP contribution in [-0.2, 0) is 4.79 Å². The van der Waals surface area contributed by atoms with E-state index in [9.17, 15) is 9.90 Å². The number of hydrogen-bond acceptors (Lipinski definition) is 2. The molecule has 0 heterocycles. The number of aromatic hydroxyl groups is 1.